The number of thiazole rings is 1. The minimum Gasteiger partial charge on any atom is -0.382 e. The van der Waals surface area contributed by atoms with Crippen LogP contribution < -0.4 is 16.0 Å². The topological polar surface area (TPSA) is 156 Å². The summed E-state index contributed by atoms with van der Waals surface area (Å²) in [6, 6.07) is 5.49. The molecule has 1 heterocycles. The molecule has 37 heavy (non-hydrogen) atoms. The highest BCUT2D eigenvalue weighted by Gasteiger charge is 2.35. The number of ketones is 1. The van der Waals surface area contributed by atoms with E-state index in [1.54, 1.807) is 31.2 Å². The summed E-state index contributed by atoms with van der Waals surface area (Å²) in [5.74, 6) is -2.61. The molecule has 0 aliphatic heterocycles. The molecule has 0 spiro atoms. The van der Waals surface area contributed by atoms with Crippen LogP contribution in [0.25, 0.3) is 0 Å². The molecule has 2 rings (SSSR count). The standard InChI is InChI=1S/C25H33N4O7S/c1-15-26-12-20(37-15)24(33)29-19(14-36-5)23(32)28-18(13-35-4)22(31)27-17(21(30)25(2,3)34)11-16-9-7-6-8-10-16/h6-10,12,17-19,34H,2,11,13-14H2,1,3-5H3,(H,27,31)(H,28,32)(H,29,33)/t17-,18-,19-,25?/m0/s1. The molecule has 1 radical (unpaired) electrons. The van der Waals surface area contributed by atoms with Gasteiger partial charge in [0, 0.05) is 14.2 Å². The zero-order chi connectivity index (χ0) is 27.6. The van der Waals surface area contributed by atoms with Gasteiger partial charge in [-0.2, -0.15) is 0 Å². The molecule has 0 saturated carbocycles. The molecule has 3 amide bonds. The molecular weight excluding hydrogens is 500 g/mol. The van der Waals surface area contributed by atoms with Crippen LogP contribution in [0, 0.1) is 13.8 Å². The zero-order valence-electron chi connectivity index (χ0n) is 21.3. The first-order chi connectivity index (χ1) is 17.5. The average molecular weight is 534 g/mol. The first-order valence-electron chi connectivity index (χ1n) is 11.4. The molecule has 0 aliphatic carbocycles. The van der Waals surface area contributed by atoms with Crippen molar-refractivity contribution in [2.45, 2.75) is 44.0 Å². The molecule has 1 aromatic heterocycles. The van der Waals surface area contributed by atoms with E-state index in [9.17, 15) is 24.3 Å². The third-order valence-electron chi connectivity index (χ3n) is 5.21. The minimum atomic E-state index is -1.95. The van der Waals surface area contributed by atoms with Crippen molar-refractivity contribution in [3.63, 3.8) is 0 Å². The summed E-state index contributed by atoms with van der Waals surface area (Å²) in [5.41, 5.74) is -1.20. The van der Waals surface area contributed by atoms with Crippen LogP contribution in [0.2, 0.25) is 0 Å². The fourth-order valence-corrected chi connectivity index (χ4v) is 4.05. The third kappa shape index (κ3) is 9.32. The smallest absolute Gasteiger partial charge is 0.263 e. The van der Waals surface area contributed by atoms with Crippen LogP contribution in [-0.2, 0) is 30.3 Å². The van der Waals surface area contributed by atoms with Crippen molar-refractivity contribution >= 4 is 34.8 Å². The minimum absolute atomic E-state index is 0.0986. The van der Waals surface area contributed by atoms with Gasteiger partial charge in [0.1, 0.15) is 22.6 Å². The number of benzene rings is 1. The van der Waals surface area contributed by atoms with E-state index in [0.717, 1.165) is 5.56 Å². The number of rotatable bonds is 14. The Morgan fingerprint density at radius 1 is 1.00 bits per heavy atom. The Morgan fingerprint density at radius 2 is 1.54 bits per heavy atom. The van der Waals surface area contributed by atoms with Crippen molar-refractivity contribution in [3.05, 3.63) is 58.9 Å². The van der Waals surface area contributed by atoms with Crippen molar-refractivity contribution < 1.29 is 33.8 Å². The Balaban J connectivity index is 2.16. The molecule has 11 nitrogen and oxygen atoms in total. The van der Waals surface area contributed by atoms with Crippen LogP contribution in [0.3, 0.4) is 0 Å². The van der Waals surface area contributed by atoms with Gasteiger partial charge in [-0.3, -0.25) is 19.2 Å². The quantitative estimate of drug-likeness (QED) is 0.269. The van der Waals surface area contributed by atoms with Crippen molar-refractivity contribution in [3.8, 4) is 0 Å². The number of hydrogen-bond acceptors (Lipinski definition) is 9. The molecule has 0 bridgehead atoms. The SMILES string of the molecule is [CH2]C(C)(O)C(=O)[C@H](Cc1ccccc1)NC(=O)[C@H](COC)NC(=O)[C@H](COC)NC(=O)c1cnc(C)s1. The predicted octanol–water partition coefficient (Wildman–Crippen LogP) is 0.209. The largest absolute Gasteiger partial charge is 0.382 e. The van der Waals surface area contributed by atoms with E-state index in [-0.39, 0.29) is 19.6 Å². The van der Waals surface area contributed by atoms with Crippen molar-refractivity contribution in [1.82, 2.24) is 20.9 Å². The van der Waals surface area contributed by atoms with Gasteiger partial charge >= 0.3 is 0 Å². The fraction of sp³-hybridized carbons (Fsp3) is 0.440. The molecule has 0 fully saturated rings. The number of aliphatic hydroxyl groups is 1. The lowest BCUT2D eigenvalue weighted by molar-refractivity contribution is -0.138. The number of aromatic nitrogens is 1. The van der Waals surface area contributed by atoms with Crippen LogP contribution in [0.4, 0.5) is 0 Å². The summed E-state index contributed by atoms with van der Waals surface area (Å²) >= 11 is 1.17. The molecule has 0 saturated heterocycles. The van der Waals surface area contributed by atoms with Crippen LogP contribution in [-0.4, -0.2) is 84.8 Å². The summed E-state index contributed by atoms with van der Waals surface area (Å²) in [7, 11) is 2.72. The van der Waals surface area contributed by atoms with E-state index >= 15 is 0 Å². The number of aryl methyl sites for hydroxylation is 1. The fourth-order valence-electron chi connectivity index (χ4n) is 3.37. The maximum atomic E-state index is 13.1. The number of hydrogen-bond donors (Lipinski definition) is 4. The van der Waals surface area contributed by atoms with E-state index in [2.05, 4.69) is 27.9 Å². The Morgan fingerprint density at radius 3 is 2.03 bits per heavy atom. The van der Waals surface area contributed by atoms with E-state index in [1.165, 1.54) is 38.7 Å². The number of carbonyl (C=O) groups excluding carboxylic acids is 4. The van der Waals surface area contributed by atoms with Crippen molar-refractivity contribution in [2.75, 3.05) is 27.4 Å². The van der Waals surface area contributed by atoms with Gasteiger partial charge in [-0.15, -0.1) is 11.3 Å². The van der Waals surface area contributed by atoms with Crippen LogP contribution >= 0.6 is 11.3 Å². The maximum Gasteiger partial charge on any atom is 0.263 e. The molecule has 0 aliphatic rings. The molecular formula is C25H33N4O7S. The molecule has 4 atom stereocenters. The van der Waals surface area contributed by atoms with Crippen molar-refractivity contribution in [2.24, 2.45) is 0 Å². The highest BCUT2D eigenvalue weighted by atomic mass is 32.1. The summed E-state index contributed by atoms with van der Waals surface area (Å²) < 4.78 is 10.2. The highest BCUT2D eigenvalue weighted by Crippen LogP contribution is 2.13. The van der Waals surface area contributed by atoms with Gasteiger partial charge in [0.15, 0.2) is 5.78 Å². The van der Waals surface area contributed by atoms with Gasteiger partial charge in [0.2, 0.25) is 11.8 Å². The zero-order valence-corrected chi connectivity index (χ0v) is 22.1. The first-order valence-corrected chi connectivity index (χ1v) is 12.3. The molecule has 4 N–H and O–H groups in total. The maximum absolute atomic E-state index is 13.1. The Kier molecular flexibility index (Phi) is 11.3. The van der Waals surface area contributed by atoms with Gasteiger partial charge < -0.3 is 30.5 Å². The van der Waals surface area contributed by atoms with E-state index < -0.39 is 47.2 Å². The Labute approximate surface area is 220 Å². The van der Waals surface area contributed by atoms with Gasteiger partial charge in [-0.05, 0) is 32.8 Å². The second kappa shape index (κ2) is 13.9. The number of methoxy groups -OCH3 is 2. The lowest BCUT2D eigenvalue weighted by Gasteiger charge is -2.27. The van der Waals surface area contributed by atoms with Crippen LogP contribution in [0.1, 0.15) is 27.2 Å². The van der Waals surface area contributed by atoms with Crippen LogP contribution in [0.5, 0.6) is 0 Å². The van der Waals surface area contributed by atoms with Gasteiger partial charge in [0.05, 0.1) is 30.5 Å². The normalized spacial score (nSPS) is 13.8. The van der Waals surface area contributed by atoms with Gasteiger partial charge in [0.25, 0.3) is 5.91 Å². The Hall–Kier alpha value is -3.19. The summed E-state index contributed by atoms with van der Waals surface area (Å²) in [4.78, 5) is 55.9. The number of nitrogens with zero attached hydrogens (tertiary/aromatic N) is 1. The lowest BCUT2D eigenvalue weighted by atomic mass is 9.92. The first kappa shape index (κ1) is 30.0. The average Bonchev–Trinajstić information content (AvgIpc) is 3.29. The van der Waals surface area contributed by atoms with E-state index in [1.807, 2.05) is 6.07 Å². The molecule has 1 unspecified atom stereocenters. The summed E-state index contributed by atoms with van der Waals surface area (Å²) in [6.45, 7) is 6.08. The second-order valence-electron chi connectivity index (χ2n) is 8.63. The number of amides is 3. The molecule has 12 heteroatoms. The molecule has 201 valence electrons. The predicted molar refractivity (Wildman–Crippen MR) is 137 cm³/mol. The monoisotopic (exact) mass is 533 g/mol. The number of Topliss-reactive ketones (excluding diaryl/α,β-unsaturated/α-hetero) is 1. The van der Waals surface area contributed by atoms with Crippen LogP contribution in [0.15, 0.2) is 36.5 Å². The van der Waals surface area contributed by atoms with Gasteiger partial charge in [-0.1, -0.05) is 30.3 Å². The molecule has 1 aromatic carbocycles. The van der Waals surface area contributed by atoms with Gasteiger partial charge in [-0.25, -0.2) is 4.98 Å². The number of carbonyl (C=O) groups is 4. The lowest BCUT2D eigenvalue weighted by Crippen LogP contribution is -2.59. The van der Waals surface area contributed by atoms with E-state index in [0.29, 0.717) is 9.88 Å². The van der Waals surface area contributed by atoms with E-state index in [4.69, 9.17) is 9.47 Å². The third-order valence-corrected chi connectivity index (χ3v) is 6.12. The summed E-state index contributed by atoms with van der Waals surface area (Å²) in [6.07, 6.45) is 1.50. The second-order valence-corrected chi connectivity index (χ2v) is 9.87. The van der Waals surface area contributed by atoms with Crippen molar-refractivity contribution in [1.29, 1.82) is 0 Å². The Bertz CT molecular complexity index is 1070. The number of nitrogens with one attached hydrogen (secondary N) is 3. The summed E-state index contributed by atoms with van der Waals surface area (Å²) in [5, 5.41) is 18.6. The highest BCUT2D eigenvalue weighted by molar-refractivity contribution is 7.13. The number of ether oxygens (including phenoxy) is 2. The molecule has 2 aromatic rings.